The van der Waals surface area contributed by atoms with Crippen molar-refractivity contribution in [2.24, 2.45) is 5.92 Å². The number of cyclic esters (lactones) is 1. The Hall–Kier alpha value is -3.69. The van der Waals surface area contributed by atoms with E-state index in [2.05, 4.69) is 40.7 Å². The maximum atomic E-state index is 12.3. The lowest BCUT2D eigenvalue weighted by Crippen LogP contribution is -2.41. The number of pyridine rings is 1. The van der Waals surface area contributed by atoms with Crippen molar-refractivity contribution in [1.29, 1.82) is 0 Å². The van der Waals surface area contributed by atoms with Gasteiger partial charge in [-0.05, 0) is 30.5 Å². The van der Waals surface area contributed by atoms with E-state index in [-0.39, 0.29) is 36.1 Å². The molecule has 0 saturated carbocycles. The smallest absolute Gasteiger partial charge is 0.415 e. The first-order valence-electron chi connectivity index (χ1n) is 11.9. The van der Waals surface area contributed by atoms with Crippen LogP contribution in [0, 0.1) is 5.92 Å². The largest absolute Gasteiger partial charge is 0.474 e. The van der Waals surface area contributed by atoms with Crippen molar-refractivity contribution in [3.05, 3.63) is 48.8 Å². The van der Waals surface area contributed by atoms with Crippen molar-refractivity contribution in [2.75, 3.05) is 29.9 Å². The van der Waals surface area contributed by atoms with Crippen LogP contribution >= 0.6 is 0 Å². The molecule has 2 amide bonds. The fraction of sp³-hybridized carbons (Fsp3) is 0.480. The van der Waals surface area contributed by atoms with Crippen LogP contribution in [0.3, 0.4) is 0 Å². The molecule has 0 aromatic carbocycles. The quantitative estimate of drug-likeness (QED) is 0.571. The molecule has 1 N–H and O–H groups in total. The van der Waals surface area contributed by atoms with Crippen LogP contribution in [0.4, 0.5) is 16.6 Å². The molecule has 2 aromatic heterocycles. The van der Waals surface area contributed by atoms with Gasteiger partial charge in [-0.25, -0.2) is 14.8 Å². The Morgan fingerprint density at radius 2 is 2.00 bits per heavy atom. The Kier molecular flexibility index (Phi) is 7.48. The van der Waals surface area contributed by atoms with E-state index in [0.717, 1.165) is 18.4 Å². The molecule has 35 heavy (non-hydrogen) atoms. The van der Waals surface area contributed by atoms with Gasteiger partial charge in [0, 0.05) is 44.4 Å². The lowest BCUT2D eigenvalue weighted by molar-refractivity contribution is -0.127. The number of rotatable bonds is 8. The molecule has 2 aliphatic heterocycles. The number of nitrogens with zero attached hydrogens (tertiary/aromatic N) is 5. The predicted octanol–water partition coefficient (Wildman–Crippen LogP) is 3.58. The number of aromatic nitrogens is 3. The van der Waals surface area contributed by atoms with Gasteiger partial charge in [-0.1, -0.05) is 26.5 Å². The van der Waals surface area contributed by atoms with Gasteiger partial charge in [-0.3, -0.25) is 9.69 Å². The normalized spacial score (nSPS) is 19.4. The maximum absolute atomic E-state index is 12.3. The highest BCUT2D eigenvalue weighted by atomic mass is 16.6. The van der Waals surface area contributed by atoms with E-state index in [1.807, 2.05) is 19.1 Å². The summed E-state index contributed by atoms with van der Waals surface area (Å²) >= 11 is 0. The highest BCUT2D eigenvalue weighted by molar-refractivity contribution is 5.89. The number of carbonyl (C=O) groups excluding carboxylic acids is 2. The molecule has 2 saturated heterocycles. The van der Waals surface area contributed by atoms with E-state index in [1.165, 1.54) is 6.08 Å². The average Bonchev–Trinajstić information content (AvgIpc) is 3.26. The SMILES string of the molecule is C=CC(=O)N1CCC(Oc2ccc(C(C)Nc3nccc(N4C(=O)OCC4C(C)C)n3)cn2)CC1. The van der Waals surface area contributed by atoms with Crippen molar-refractivity contribution >= 4 is 23.8 Å². The Labute approximate surface area is 205 Å². The summed E-state index contributed by atoms with van der Waals surface area (Å²) in [5, 5.41) is 3.28. The number of amides is 2. The van der Waals surface area contributed by atoms with Crippen LogP contribution < -0.4 is 15.0 Å². The Morgan fingerprint density at radius 1 is 1.23 bits per heavy atom. The van der Waals surface area contributed by atoms with E-state index >= 15 is 0 Å². The van der Waals surface area contributed by atoms with E-state index < -0.39 is 0 Å². The summed E-state index contributed by atoms with van der Waals surface area (Å²) in [5.74, 6) is 1.68. The molecule has 0 radical (unpaired) electrons. The minimum absolute atomic E-state index is 0.0286. The molecule has 10 nitrogen and oxygen atoms in total. The molecule has 0 spiro atoms. The monoisotopic (exact) mass is 480 g/mol. The van der Waals surface area contributed by atoms with Gasteiger partial charge in [-0.15, -0.1) is 0 Å². The number of hydrogen-bond acceptors (Lipinski definition) is 8. The van der Waals surface area contributed by atoms with Crippen LogP contribution in [0.5, 0.6) is 5.88 Å². The molecule has 2 atom stereocenters. The first-order chi connectivity index (χ1) is 16.9. The molecular weight excluding hydrogens is 448 g/mol. The second-order valence-electron chi connectivity index (χ2n) is 9.14. The molecule has 2 unspecified atom stereocenters. The van der Waals surface area contributed by atoms with Crippen LogP contribution in [0.15, 0.2) is 43.2 Å². The van der Waals surface area contributed by atoms with E-state index in [0.29, 0.717) is 37.3 Å². The van der Waals surface area contributed by atoms with Crippen LogP contribution in [-0.4, -0.2) is 63.7 Å². The summed E-state index contributed by atoms with van der Waals surface area (Å²) in [5.41, 5.74) is 0.943. The van der Waals surface area contributed by atoms with E-state index in [1.54, 1.807) is 28.3 Å². The number of carbonyl (C=O) groups is 2. The zero-order valence-electron chi connectivity index (χ0n) is 20.4. The van der Waals surface area contributed by atoms with Crippen LogP contribution in [0.25, 0.3) is 0 Å². The van der Waals surface area contributed by atoms with Gasteiger partial charge in [0.2, 0.25) is 17.7 Å². The van der Waals surface area contributed by atoms with Gasteiger partial charge >= 0.3 is 6.09 Å². The van der Waals surface area contributed by atoms with Crippen molar-refractivity contribution in [3.8, 4) is 5.88 Å². The molecule has 0 aliphatic carbocycles. The third-order valence-corrected chi connectivity index (χ3v) is 6.38. The van der Waals surface area contributed by atoms with Gasteiger partial charge in [0.1, 0.15) is 18.5 Å². The zero-order chi connectivity index (χ0) is 24.9. The number of hydrogen-bond donors (Lipinski definition) is 1. The topological polar surface area (TPSA) is 110 Å². The van der Waals surface area contributed by atoms with Gasteiger partial charge in [0.25, 0.3) is 0 Å². The number of likely N-dealkylation sites (tertiary alicyclic amines) is 1. The second-order valence-corrected chi connectivity index (χ2v) is 9.14. The van der Waals surface area contributed by atoms with Gasteiger partial charge in [0.05, 0.1) is 12.1 Å². The summed E-state index contributed by atoms with van der Waals surface area (Å²) in [4.78, 5) is 40.7. The standard InChI is InChI=1S/C25H32N6O4/c1-5-23(32)30-12-9-19(10-13-30)35-22-7-6-18(14-27-22)17(4)28-24-26-11-8-21(29-24)31-20(16(2)3)15-34-25(31)33/h5-8,11,14,16-17,19-20H,1,9-10,12-13,15H2,2-4H3,(H,26,28,29). The number of nitrogens with one attached hydrogen (secondary N) is 1. The lowest BCUT2D eigenvalue weighted by Gasteiger charge is -2.31. The van der Waals surface area contributed by atoms with Crippen LogP contribution in [0.1, 0.15) is 45.2 Å². The molecule has 2 aromatic rings. The van der Waals surface area contributed by atoms with Crippen molar-refractivity contribution in [1.82, 2.24) is 19.9 Å². The summed E-state index contributed by atoms with van der Waals surface area (Å²) in [7, 11) is 0. The molecular formula is C25H32N6O4. The average molecular weight is 481 g/mol. The fourth-order valence-corrected chi connectivity index (χ4v) is 4.23. The summed E-state index contributed by atoms with van der Waals surface area (Å²) in [6, 6.07) is 5.33. The van der Waals surface area contributed by atoms with Crippen LogP contribution in [0.2, 0.25) is 0 Å². The number of anilines is 2. The Bertz CT molecular complexity index is 1050. The fourth-order valence-electron chi connectivity index (χ4n) is 4.23. The lowest BCUT2D eigenvalue weighted by atomic mass is 10.0. The molecule has 10 heteroatoms. The Balaban J connectivity index is 1.35. The molecule has 0 bridgehead atoms. The molecule has 4 heterocycles. The van der Waals surface area contributed by atoms with E-state index in [4.69, 9.17) is 9.47 Å². The van der Waals surface area contributed by atoms with Crippen molar-refractivity contribution in [2.45, 2.75) is 51.8 Å². The zero-order valence-corrected chi connectivity index (χ0v) is 20.4. The first kappa shape index (κ1) is 24.4. The highest BCUT2D eigenvalue weighted by Gasteiger charge is 2.37. The highest BCUT2D eigenvalue weighted by Crippen LogP contribution is 2.27. The molecule has 2 aliphatic rings. The van der Waals surface area contributed by atoms with Gasteiger partial charge in [0.15, 0.2) is 0 Å². The third kappa shape index (κ3) is 5.70. The van der Waals surface area contributed by atoms with Crippen molar-refractivity contribution < 1.29 is 19.1 Å². The second kappa shape index (κ2) is 10.7. The van der Waals surface area contributed by atoms with E-state index in [9.17, 15) is 9.59 Å². The van der Waals surface area contributed by atoms with Gasteiger partial charge in [-0.2, -0.15) is 4.98 Å². The number of ether oxygens (including phenoxy) is 2. The predicted molar refractivity (Wildman–Crippen MR) is 131 cm³/mol. The molecule has 2 fully saturated rings. The van der Waals surface area contributed by atoms with Crippen LogP contribution in [-0.2, 0) is 9.53 Å². The summed E-state index contributed by atoms with van der Waals surface area (Å²) in [6.07, 6.45) is 5.90. The van der Waals surface area contributed by atoms with Crippen molar-refractivity contribution in [3.63, 3.8) is 0 Å². The maximum Gasteiger partial charge on any atom is 0.415 e. The Morgan fingerprint density at radius 3 is 2.66 bits per heavy atom. The minimum Gasteiger partial charge on any atom is -0.474 e. The summed E-state index contributed by atoms with van der Waals surface area (Å²) in [6.45, 7) is 11.3. The molecule has 4 rings (SSSR count). The summed E-state index contributed by atoms with van der Waals surface area (Å²) < 4.78 is 11.2. The molecule has 186 valence electrons. The minimum atomic E-state index is -0.390. The first-order valence-corrected chi connectivity index (χ1v) is 11.9. The number of piperidine rings is 1. The van der Waals surface area contributed by atoms with Gasteiger partial charge < -0.3 is 19.7 Å². The third-order valence-electron chi connectivity index (χ3n) is 6.38.